The smallest absolute Gasteiger partial charge is 0.395 e. The molecule has 5 nitrogen and oxygen atoms in total. The molecule has 25 heavy (non-hydrogen) atoms. The lowest BCUT2D eigenvalue weighted by Crippen LogP contribution is -2.53. The maximum Gasteiger partial charge on any atom is 0.395 e. The lowest BCUT2D eigenvalue weighted by molar-refractivity contribution is -0.180. The Morgan fingerprint density at radius 3 is 2.64 bits per heavy atom. The summed E-state index contributed by atoms with van der Waals surface area (Å²) in [7, 11) is 1.28. The highest BCUT2D eigenvalue weighted by molar-refractivity contribution is 7.14. The van der Waals surface area contributed by atoms with Crippen molar-refractivity contribution in [3.63, 3.8) is 0 Å². The van der Waals surface area contributed by atoms with Gasteiger partial charge in [-0.05, 0) is 13.0 Å². The van der Waals surface area contributed by atoms with E-state index in [0.717, 1.165) is 4.88 Å². The van der Waals surface area contributed by atoms with Crippen molar-refractivity contribution in [2.75, 3.05) is 25.1 Å². The highest BCUT2D eigenvalue weighted by atomic mass is 32.1. The molecule has 1 aliphatic rings. The number of esters is 1. The van der Waals surface area contributed by atoms with Crippen molar-refractivity contribution < 1.29 is 27.8 Å². The van der Waals surface area contributed by atoms with Crippen LogP contribution < -0.4 is 4.90 Å². The fourth-order valence-electron chi connectivity index (χ4n) is 2.64. The average Bonchev–Trinajstić information content (AvgIpc) is 2.85. The van der Waals surface area contributed by atoms with Gasteiger partial charge in [-0.3, -0.25) is 4.98 Å². The van der Waals surface area contributed by atoms with E-state index in [1.54, 1.807) is 13.0 Å². The van der Waals surface area contributed by atoms with Gasteiger partial charge in [0.2, 0.25) is 0 Å². The van der Waals surface area contributed by atoms with E-state index in [1.807, 2.05) is 0 Å². The summed E-state index contributed by atoms with van der Waals surface area (Å²) in [4.78, 5) is 18.5. The van der Waals surface area contributed by atoms with Gasteiger partial charge < -0.3 is 14.7 Å². The van der Waals surface area contributed by atoms with Gasteiger partial charge in [-0.1, -0.05) is 0 Å². The van der Waals surface area contributed by atoms with Crippen LogP contribution >= 0.6 is 11.3 Å². The number of hydrogen-bond donors (Lipinski definition) is 1. The molecule has 0 bridgehead atoms. The molecule has 1 N–H and O–H groups in total. The molecular formula is C16H15F3N2O3S. The number of thiophene rings is 1. The normalized spacial score (nSPS) is 15.2. The number of aromatic nitrogens is 1. The van der Waals surface area contributed by atoms with Crippen LogP contribution in [0.15, 0.2) is 18.3 Å². The number of pyridine rings is 1. The molecular weight excluding hydrogens is 357 g/mol. The summed E-state index contributed by atoms with van der Waals surface area (Å²) < 4.78 is 42.4. The Morgan fingerprint density at radius 2 is 2.08 bits per heavy atom. The summed E-state index contributed by atoms with van der Waals surface area (Å²) in [5.41, 5.74) is 1.30. The summed E-state index contributed by atoms with van der Waals surface area (Å²) in [5, 5.41) is 10.2. The lowest BCUT2D eigenvalue weighted by atomic mass is 9.99. The zero-order chi connectivity index (χ0) is 18.4. The van der Waals surface area contributed by atoms with Crippen LogP contribution in [0.2, 0.25) is 0 Å². The molecule has 0 aliphatic carbocycles. The first-order chi connectivity index (χ1) is 11.7. The Hall–Kier alpha value is -2.29. The third-order valence-electron chi connectivity index (χ3n) is 4.12. The summed E-state index contributed by atoms with van der Waals surface area (Å²) >= 11 is 1.22. The van der Waals surface area contributed by atoms with Gasteiger partial charge in [0.25, 0.3) is 0 Å². The summed E-state index contributed by atoms with van der Waals surface area (Å²) in [5.74, 6) is -1.98. The fraction of sp³-hybridized carbons (Fsp3) is 0.375. The molecule has 2 aromatic rings. The van der Waals surface area contributed by atoms with Gasteiger partial charge in [0.05, 0.1) is 24.9 Å². The summed E-state index contributed by atoms with van der Waals surface area (Å²) in [6.07, 6.45) is -2.78. The van der Waals surface area contributed by atoms with Crippen LogP contribution in [0.4, 0.5) is 18.9 Å². The molecule has 9 heteroatoms. The lowest BCUT2D eigenvalue weighted by Gasteiger charge is -2.41. The second kappa shape index (κ2) is 6.21. The maximum absolute atomic E-state index is 12.6. The number of methoxy groups -OCH3 is 1. The predicted octanol–water partition coefficient (Wildman–Crippen LogP) is 3.61. The maximum atomic E-state index is 12.6. The molecule has 0 saturated carbocycles. The molecule has 3 heterocycles. The number of carbonyl (C=O) groups excluding carboxylic acids is 1. The van der Waals surface area contributed by atoms with Gasteiger partial charge in [0.1, 0.15) is 16.3 Å². The minimum atomic E-state index is -4.20. The monoisotopic (exact) mass is 372 g/mol. The van der Waals surface area contributed by atoms with Gasteiger partial charge in [-0.15, -0.1) is 11.3 Å². The largest absolute Gasteiger partial charge is 0.506 e. The van der Waals surface area contributed by atoms with E-state index in [0.29, 0.717) is 16.1 Å². The van der Waals surface area contributed by atoms with Crippen LogP contribution in [-0.4, -0.2) is 42.4 Å². The number of ether oxygens (including phenoxy) is 1. The molecule has 2 aromatic heterocycles. The van der Waals surface area contributed by atoms with Crippen LogP contribution in [0.1, 0.15) is 14.5 Å². The van der Waals surface area contributed by atoms with Crippen LogP contribution in [0.5, 0.6) is 5.75 Å². The highest BCUT2D eigenvalue weighted by Crippen LogP contribution is 2.40. The highest BCUT2D eigenvalue weighted by Gasteiger charge is 2.47. The predicted molar refractivity (Wildman–Crippen MR) is 87.0 cm³/mol. The third-order valence-corrected chi connectivity index (χ3v) is 5.15. The second-order valence-corrected chi connectivity index (χ2v) is 7.03. The number of aryl methyl sites for hydroxylation is 1. The number of alkyl halides is 3. The molecule has 134 valence electrons. The van der Waals surface area contributed by atoms with Crippen molar-refractivity contribution in [3.05, 3.63) is 28.1 Å². The van der Waals surface area contributed by atoms with Gasteiger partial charge in [-0.25, -0.2) is 4.79 Å². The second-order valence-electron chi connectivity index (χ2n) is 5.78. The van der Waals surface area contributed by atoms with E-state index < -0.39 is 18.1 Å². The van der Waals surface area contributed by atoms with E-state index in [-0.39, 0.29) is 24.5 Å². The van der Waals surface area contributed by atoms with Gasteiger partial charge in [-0.2, -0.15) is 13.2 Å². The SMILES string of the molecule is COC(=O)c1cc(-c2ncc(N3CC(C(F)(F)F)C3)cc2O)c(C)s1. The molecule has 0 radical (unpaired) electrons. The fourth-order valence-corrected chi connectivity index (χ4v) is 3.58. The van der Waals surface area contributed by atoms with Crippen molar-refractivity contribution in [2.24, 2.45) is 5.92 Å². The average molecular weight is 372 g/mol. The van der Waals surface area contributed by atoms with Crippen molar-refractivity contribution in [1.82, 2.24) is 4.98 Å². The quantitative estimate of drug-likeness (QED) is 0.834. The zero-order valence-corrected chi connectivity index (χ0v) is 14.2. The number of carbonyl (C=O) groups is 1. The molecule has 0 atom stereocenters. The van der Waals surface area contributed by atoms with E-state index in [9.17, 15) is 23.1 Å². The Balaban J connectivity index is 1.82. The number of hydrogen-bond acceptors (Lipinski definition) is 6. The number of aromatic hydroxyl groups is 1. The van der Waals surface area contributed by atoms with Gasteiger partial charge in [0, 0.05) is 29.6 Å². The first kappa shape index (κ1) is 17.5. The Morgan fingerprint density at radius 1 is 1.40 bits per heavy atom. The van der Waals surface area contributed by atoms with Crippen molar-refractivity contribution in [1.29, 1.82) is 0 Å². The Kier molecular flexibility index (Phi) is 4.36. The Labute approximate surface area is 145 Å². The number of nitrogens with zero attached hydrogens (tertiary/aromatic N) is 2. The molecule has 0 aromatic carbocycles. The third kappa shape index (κ3) is 3.28. The topological polar surface area (TPSA) is 62.7 Å². The molecule has 0 spiro atoms. The molecule has 0 amide bonds. The Bertz CT molecular complexity index is 813. The number of halogens is 3. The molecule has 1 saturated heterocycles. The van der Waals surface area contributed by atoms with Crippen LogP contribution in [-0.2, 0) is 4.74 Å². The number of rotatable bonds is 3. The summed E-state index contributed by atoms with van der Waals surface area (Å²) in [6.45, 7) is 1.49. The molecule has 1 aliphatic heterocycles. The van der Waals surface area contributed by atoms with Crippen LogP contribution in [0.25, 0.3) is 11.3 Å². The molecule has 3 rings (SSSR count). The number of anilines is 1. The van der Waals surface area contributed by atoms with Crippen molar-refractivity contribution in [2.45, 2.75) is 13.1 Å². The van der Waals surface area contributed by atoms with E-state index >= 15 is 0 Å². The molecule has 0 unspecified atom stereocenters. The summed E-state index contributed by atoms with van der Waals surface area (Å²) in [6, 6.07) is 2.97. The standard InChI is InChI=1S/C16H15F3N2O3S/c1-8-11(4-13(25-8)15(23)24-2)14-12(22)3-10(5-20-14)21-6-9(7-21)16(17,18)19/h3-5,9,22H,6-7H2,1-2H3. The first-order valence-electron chi connectivity index (χ1n) is 7.40. The zero-order valence-electron chi connectivity index (χ0n) is 13.4. The molecule has 1 fully saturated rings. The van der Waals surface area contributed by atoms with E-state index in [2.05, 4.69) is 9.72 Å². The van der Waals surface area contributed by atoms with Crippen LogP contribution in [0.3, 0.4) is 0 Å². The minimum absolute atomic E-state index is 0.145. The van der Waals surface area contributed by atoms with Crippen LogP contribution in [0, 0.1) is 12.8 Å². The van der Waals surface area contributed by atoms with Crippen molar-refractivity contribution in [3.8, 4) is 17.0 Å². The van der Waals surface area contributed by atoms with Gasteiger partial charge in [0.15, 0.2) is 0 Å². The van der Waals surface area contributed by atoms with E-state index in [4.69, 9.17) is 0 Å². The minimum Gasteiger partial charge on any atom is -0.506 e. The van der Waals surface area contributed by atoms with Crippen molar-refractivity contribution >= 4 is 23.0 Å². The van der Waals surface area contributed by atoms with Gasteiger partial charge >= 0.3 is 12.1 Å². The van der Waals surface area contributed by atoms with E-state index in [1.165, 1.54) is 35.6 Å². The first-order valence-corrected chi connectivity index (χ1v) is 8.22.